The molecule has 0 bridgehead atoms. The molecular formula is C35H36N6O3S2. The van der Waals surface area contributed by atoms with E-state index in [9.17, 15) is 13.2 Å². The van der Waals surface area contributed by atoms with Crippen molar-refractivity contribution in [2.24, 2.45) is 4.99 Å². The molecule has 9 nitrogen and oxygen atoms in total. The van der Waals surface area contributed by atoms with Gasteiger partial charge in [0.1, 0.15) is 5.69 Å². The van der Waals surface area contributed by atoms with E-state index < -0.39 is 10.0 Å². The Bertz CT molecular complexity index is 1880. The number of carbonyl (C=O) groups is 1. The molecule has 1 amide bonds. The van der Waals surface area contributed by atoms with Crippen molar-refractivity contribution in [2.45, 2.75) is 30.7 Å². The number of aliphatic imine (C=N–C) groups is 1. The van der Waals surface area contributed by atoms with Gasteiger partial charge in [-0.15, -0.1) is 0 Å². The van der Waals surface area contributed by atoms with Crippen LogP contribution in [0.1, 0.15) is 30.4 Å². The summed E-state index contributed by atoms with van der Waals surface area (Å²) >= 11 is 1.39. The molecule has 1 aromatic heterocycles. The van der Waals surface area contributed by atoms with E-state index in [1.165, 1.54) is 17.3 Å². The summed E-state index contributed by atoms with van der Waals surface area (Å²) in [6.45, 7) is 5.38. The molecule has 0 radical (unpaired) electrons. The van der Waals surface area contributed by atoms with Gasteiger partial charge < -0.3 is 4.90 Å². The van der Waals surface area contributed by atoms with E-state index >= 15 is 0 Å². The van der Waals surface area contributed by atoms with Gasteiger partial charge in [0.25, 0.3) is 5.91 Å². The first kappa shape index (κ1) is 30.6. The van der Waals surface area contributed by atoms with E-state index in [4.69, 9.17) is 5.10 Å². The number of amidine groups is 1. The molecule has 3 aliphatic rings. The zero-order valence-electron chi connectivity index (χ0n) is 25.5. The van der Waals surface area contributed by atoms with Crippen LogP contribution in [0.4, 0.5) is 0 Å². The standard InChI is InChI=1S/C35H36N6O3S2/c42-34-32(45-35(36-34)39-21-19-38(20-22-39)25-27-11-4-1-5-12-27)24-29-26-41(30-14-6-2-7-15-30)37-33(29)28-13-10-16-31(23-28)46(43,44)40-17-8-3-9-18-40/h1-2,4-7,10-16,23-24,26H,3,8-9,17-22,25H2/b32-24-. The van der Waals surface area contributed by atoms with Crippen molar-refractivity contribution < 1.29 is 13.2 Å². The fraction of sp³-hybridized carbons (Fsp3) is 0.286. The van der Waals surface area contributed by atoms with Gasteiger partial charge in [-0.2, -0.15) is 14.4 Å². The minimum atomic E-state index is -3.63. The minimum absolute atomic E-state index is 0.253. The van der Waals surface area contributed by atoms with Crippen molar-refractivity contribution in [3.8, 4) is 16.9 Å². The molecular weight excluding hydrogens is 617 g/mol. The predicted octanol–water partition coefficient (Wildman–Crippen LogP) is 5.50. The Kier molecular flexibility index (Phi) is 8.90. The second-order valence-electron chi connectivity index (χ2n) is 11.8. The zero-order chi connectivity index (χ0) is 31.5. The number of hydrogen-bond donors (Lipinski definition) is 0. The summed E-state index contributed by atoms with van der Waals surface area (Å²) in [4.78, 5) is 23.0. The molecule has 2 fully saturated rings. The third kappa shape index (κ3) is 6.59. The summed E-state index contributed by atoms with van der Waals surface area (Å²) in [6.07, 6.45) is 6.52. The summed E-state index contributed by atoms with van der Waals surface area (Å²) in [5.74, 6) is -0.272. The lowest BCUT2D eigenvalue weighted by Crippen LogP contribution is -2.47. The largest absolute Gasteiger partial charge is 0.348 e. The van der Waals surface area contributed by atoms with Gasteiger partial charge in [0.15, 0.2) is 5.17 Å². The molecule has 3 aromatic carbocycles. The van der Waals surface area contributed by atoms with E-state index in [1.807, 2.05) is 54.7 Å². The van der Waals surface area contributed by atoms with Gasteiger partial charge in [-0.25, -0.2) is 13.1 Å². The van der Waals surface area contributed by atoms with Crippen molar-refractivity contribution in [1.29, 1.82) is 0 Å². The summed E-state index contributed by atoms with van der Waals surface area (Å²) in [5.41, 5.74) is 4.15. The molecule has 0 spiro atoms. The number of para-hydroxylation sites is 1. The molecule has 3 aliphatic heterocycles. The Morgan fingerprint density at radius 2 is 1.52 bits per heavy atom. The molecule has 2 saturated heterocycles. The second-order valence-corrected chi connectivity index (χ2v) is 14.7. The Hall–Kier alpha value is -4.03. The SMILES string of the molecule is O=C1N=C(N2CCN(Cc3ccccc3)CC2)S/C1=C\c1cn(-c2ccccc2)nc1-c1cccc(S(=O)(=O)N2CCCCC2)c1. The van der Waals surface area contributed by atoms with Crippen molar-refractivity contribution in [1.82, 2.24) is 23.9 Å². The predicted molar refractivity (Wildman–Crippen MR) is 183 cm³/mol. The summed E-state index contributed by atoms with van der Waals surface area (Å²) in [7, 11) is -3.63. The van der Waals surface area contributed by atoms with E-state index in [2.05, 4.69) is 39.1 Å². The Morgan fingerprint density at radius 3 is 2.26 bits per heavy atom. The first-order valence-electron chi connectivity index (χ1n) is 15.7. The maximum atomic E-state index is 13.5. The average Bonchev–Trinajstić information content (AvgIpc) is 3.70. The maximum Gasteiger partial charge on any atom is 0.286 e. The van der Waals surface area contributed by atoms with E-state index in [-0.39, 0.29) is 10.8 Å². The lowest BCUT2D eigenvalue weighted by Gasteiger charge is -2.35. The van der Waals surface area contributed by atoms with Crippen LogP contribution in [0.25, 0.3) is 23.0 Å². The average molecular weight is 653 g/mol. The molecule has 46 heavy (non-hydrogen) atoms. The monoisotopic (exact) mass is 652 g/mol. The van der Waals surface area contributed by atoms with E-state index in [0.717, 1.165) is 68.4 Å². The molecule has 0 atom stereocenters. The van der Waals surface area contributed by atoms with Crippen molar-refractivity contribution >= 4 is 38.9 Å². The quantitative estimate of drug-likeness (QED) is 0.244. The topological polar surface area (TPSA) is 91.1 Å². The molecule has 7 rings (SSSR count). The Labute approximate surface area is 274 Å². The Balaban J connectivity index is 1.14. The van der Waals surface area contributed by atoms with Gasteiger partial charge >= 0.3 is 0 Å². The number of rotatable bonds is 7. The number of thioether (sulfide) groups is 1. The van der Waals surface area contributed by atoms with Crippen molar-refractivity contribution in [3.05, 3.63) is 107 Å². The highest BCUT2D eigenvalue weighted by Crippen LogP contribution is 2.34. The molecule has 0 N–H and O–H groups in total. The molecule has 4 heterocycles. The first-order valence-corrected chi connectivity index (χ1v) is 18.0. The molecule has 0 aliphatic carbocycles. The lowest BCUT2D eigenvalue weighted by atomic mass is 10.1. The fourth-order valence-corrected chi connectivity index (χ4v) is 8.62. The number of benzene rings is 3. The molecule has 4 aromatic rings. The number of piperidine rings is 1. The number of piperazine rings is 1. The van der Waals surface area contributed by atoms with Crippen LogP contribution >= 0.6 is 11.8 Å². The van der Waals surface area contributed by atoms with Gasteiger partial charge in [0.2, 0.25) is 10.0 Å². The maximum absolute atomic E-state index is 13.5. The van der Waals surface area contributed by atoms with Gasteiger partial charge in [-0.1, -0.05) is 67.1 Å². The molecule has 0 unspecified atom stereocenters. The third-order valence-electron chi connectivity index (χ3n) is 8.61. The number of carbonyl (C=O) groups excluding carboxylic acids is 1. The number of nitrogens with zero attached hydrogens (tertiary/aromatic N) is 6. The highest BCUT2D eigenvalue weighted by Gasteiger charge is 2.30. The fourth-order valence-electron chi connectivity index (χ4n) is 6.10. The summed E-state index contributed by atoms with van der Waals surface area (Å²) in [6, 6.07) is 27.2. The van der Waals surface area contributed by atoms with Gasteiger partial charge in [0.05, 0.1) is 15.5 Å². The molecule has 11 heteroatoms. The van der Waals surface area contributed by atoms with E-state index in [0.29, 0.717) is 29.3 Å². The smallest absolute Gasteiger partial charge is 0.286 e. The van der Waals surface area contributed by atoms with Crippen LogP contribution in [-0.2, 0) is 21.4 Å². The van der Waals surface area contributed by atoms with E-state index in [1.54, 1.807) is 27.2 Å². The van der Waals surface area contributed by atoms with Crippen LogP contribution in [0.5, 0.6) is 0 Å². The third-order valence-corrected chi connectivity index (χ3v) is 11.6. The molecule has 236 valence electrons. The van der Waals surface area contributed by atoms with Gasteiger partial charge in [0, 0.05) is 63.1 Å². The van der Waals surface area contributed by atoms with Crippen molar-refractivity contribution in [3.63, 3.8) is 0 Å². The van der Waals surface area contributed by atoms with Crippen LogP contribution in [0.15, 0.2) is 106 Å². The van der Waals surface area contributed by atoms with Gasteiger partial charge in [-0.05, 0) is 60.5 Å². The number of sulfonamides is 1. The highest BCUT2D eigenvalue weighted by atomic mass is 32.2. The number of hydrogen-bond acceptors (Lipinski definition) is 7. The normalized spacial score (nSPS) is 19.1. The second kappa shape index (κ2) is 13.4. The van der Waals surface area contributed by atoms with Crippen LogP contribution < -0.4 is 0 Å². The summed E-state index contributed by atoms with van der Waals surface area (Å²) in [5, 5.41) is 5.62. The molecule has 0 saturated carbocycles. The van der Waals surface area contributed by atoms with Crippen LogP contribution in [0.2, 0.25) is 0 Å². The lowest BCUT2D eigenvalue weighted by molar-refractivity contribution is -0.113. The first-order chi connectivity index (χ1) is 22.4. The zero-order valence-corrected chi connectivity index (χ0v) is 27.2. The number of aromatic nitrogens is 2. The van der Waals surface area contributed by atoms with Gasteiger partial charge in [-0.3, -0.25) is 9.69 Å². The highest BCUT2D eigenvalue weighted by molar-refractivity contribution is 8.18. The van der Waals surface area contributed by atoms with Crippen LogP contribution in [-0.4, -0.2) is 82.6 Å². The van der Waals surface area contributed by atoms with Crippen LogP contribution in [0, 0.1) is 0 Å². The summed E-state index contributed by atoms with van der Waals surface area (Å²) < 4.78 is 30.4. The Morgan fingerprint density at radius 1 is 0.804 bits per heavy atom. The number of amides is 1. The van der Waals surface area contributed by atoms with Crippen LogP contribution in [0.3, 0.4) is 0 Å². The van der Waals surface area contributed by atoms with Crippen molar-refractivity contribution in [2.75, 3.05) is 39.3 Å². The minimum Gasteiger partial charge on any atom is -0.348 e.